The van der Waals surface area contributed by atoms with Crippen molar-refractivity contribution < 1.29 is 0 Å². The van der Waals surface area contributed by atoms with Crippen LogP contribution in [-0.2, 0) is 0 Å². The molecule has 0 radical (unpaired) electrons. The van der Waals surface area contributed by atoms with Crippen molar-refractivity contribution in [1.82, 2.24) is 9.97 Å². The van der Waals surface area contributed by atoms with Crippen LogP contribution in [0, 0.1) is 13.8 Å². The maximum absolute atomic E-state index is 5.42. The molecule has 0 bridgehead atoms. The van der Waals surface area contributed by atoms with Crippen molar-refractivity contribution in [3.63, 3.8) is 0 Å². The highest BCUT2D eigenvalue weighted by atomic mass is 32.1. The van der Waals surface area contributed by atoms with Crippen LogP contribution in [0.1, 0.15) is 11.1 Å². The Balaban J connectivity index is 1.45. The van der Waals surface area contributed by atoms with E-state index in [1.54, 1.807) is 0 Å². The van der Waals surface area contributed by atoms with Crippen LogP contribution in [0.15, 0.2) is 66.7 Å². The number of imidazole rings is 1. The first kappa shape index (κ1) is 17.2. The number of aryl methyl sites for hydroxylation is 2. The molecule has 3 aromatic carbocycles. The molecule has 1 heterocycles. The van der Waals surface area contributed by atoms with E-state index in [0.29, 0.717) is 5.11 Å². The molecule has 1 aromatic heterocycles. The molecule has 0 aliphatic heterocycles. The molecule has 0 saturated heterocycles. The van der Waals surface area contributed by atoms with Gasteiger partial charge in [-0.25, -0.2) is 4.98 Å². The average molecular weight is 372 g/mol. The van der Waals surface area contributed by atoms with E-state index in [-0.39, 0.29) is 0 Å². The Kier molecular flexibility index (Phi) is 4.60. The summed E-state index contributed by atoms with van der Waals surface area (Å²) in [6.45, 7) is 4.19. The molecule has 4 aromatic rings. The molecule has 5 heteroatoms. The Bertz CT molecular complexity index is 1080. The van der Waals surface area contributed by atoms with E-state index in [0.717, 1.165) is 33.8 Å². The molecule has 0 fully saturated rings. The van der Waals surface area contributed by atoms with Crippen molar-refractivity contribution in [3.05, 3.63) is 77.9 Å². The normalized spacial score (nSPS) is 10.7. The van der Waals surface area contributed by atoms with Crippen molar-refractivity contribution in [2.24, 2.45) is 0 Å². The van der Waals surface area contributed by atoms with Crippen LogP contribution in [0.25, 0.3) is 22.4 Å². The minimum absolute atomic E-state index is 0.565. The summed E-state index contributed by atoms with van der Waals surface area (Å²) in [5.41, 5.74) is 7.44. The zero-order chi connectivity index (χ0) is 18.8. The standard InChI is InChI=1S/C22H20N4S/c1-14-7-10-18(13-15(14)2)24-22(27)23-17-11-8-16(9-12-17)21-25-19-5-3-4-6-20(19)26-21/h3-13H,1-2H3,(H,25,26)(H2,23,24,27). The lowest BCUT2D eigenvalue weighted by atomic mass is 10.1. The van der Waals surface area contributed by atoms with Gasteiger partial charge in [0, 0.05) is 16.9 Å². The number of rotatable bonds is 3. The third-order valence-electron chi connectivity index (χ3n) is 4.57. The van der Waals surface area contributed by atoms with Crippen LogP contribution >= 0.6 is 12.2 Å². The van der Waals surface area contributed by atoms with Crippen LogP contribution in [0.4, 0.5) is 11.4 Å². The summed E-state index contributed by atoms with van der Waals surface area (Å²) >= 11 is 5.42. The Morgan fingerprint density at radius 1 is 0.852 bits per heavy atom. The molecule has 3 N–H and O–H groups in total. The Morgan fingerprint density at radius 3 is 2.30 bits per heavy atom. The van der Waals surface area contributed by atoms with Crippen LogP contribution in [-0.4, -0.2) is 15.1 Å². The molecule has 0 unspecified atom stereocenters. The van der Waals surface area contributed by atoms with E-state index >= 15 is 0 Å². The van der Waals surface area contributed by atoms with E-state index < -0.39 is 0 Å². The van der Waals surface area contributed by atoms with Gasteiger partial charge in [0.2, 0.25) is 0 Å². The number of thiocarbonyl (C=S) groups is 1. The topological polar surface area (TPSA) is 52.7 Å². The van der Waals surface area contributed by atoms with Gasteiger partial charge in [-0.2, -0.15) is 0 Å². The number of benzene rings is 3. The average Bonchev–Trinajstić information content (AvgIpc) is 3.09. The Labute approximate surface area is 163 Å². The zero-order valence-corrected chi connectivity index (χ0v) is 16.0. The smallest absolute Gasteiger partial charge is 0.175 e. The quantitative estimate of drug-likeness (QED) is 0.406. The van der Waals surface area contributed by atoms with Gasteiger partial charge in [0.05, 0.1) is 11.0 Å². The maximum Gasteiger partial charge on any atom is 0.175 e. The first-order valence-corrected chi connectivity index (χ1v) is 9.20. The van der Waals surface area contributed by atoms with Crippen molar-refractivity contribution >= 4 is 39.7 Å². The van der Waals surface area contributed by atoms with E-state index in [2.05, 4.69) is 46.6 Å². The molecule has 134 valence electrons. The van der Waals surface area contributed by atoms with Gasteiger partial charge in [0.1, 0.15) is 5.82 Å². The number of hydrogen-bond donors (Lipinski definition) is 3. The first-order chi connectivity index (χ1) is 13.1. The summed E-state index contributed by atoms with van der Waals surface area (Å²) < 4.78 is 0. The van der Waals surface area contributed by atoms with Crippen molar-refractivity contribution in [1.29, 1.82) is 0 Å². The van der Waals surface area contributed by atoms with E-state index in [4.69, 9.17) is 12.2 Å². The highest BCUT2D eigenvalue weighted by Crippen LogP contribution is 2.22. The largest absolute Gasteiger partial charge is 0.338 e. The van der Waals surface area contributed by atoms with E-state index in [1.165, 1.54) is 11.1 Å². The van der Waals surface area contributed by atoms with E-state index in [1.807, 2.05) is 54.6 Å². The molecule has 0 saturated carbocycles. The van der Waals surface area contributed by atoms with Gasteiger partial charge in [-0.15, -0.1) is 0 Å². The minimum atomic E-state index is 0.565. The molecule has 27 heavy (non-hydrogen) atoms. The number of hydrogen-bond acceptors (Lipinski definition) is 2. The van der Waals surface area contributed by atoms with Gasteiger partial charge in [0.15, 0.2) is 5.11 Å². The Morgan fingerprint density at radius 2 is 1.56 bits per heavy atom. The fourth-order valence-corrected chi connectivity index (χ4v) is 3.15. The lowest BCUT2D eigenvalue weighted by Crippen LogP contribution is -2.19. The molecule has 0 amide bonds. The fraction of sp³-hybridized carbons (Fsp3) is 0.0909. The number of anilines is 2. The third kappa shape index (κ3) is 3.83. The summed E-state index contributed by atoms with van der Waals surface area (Å²) in [6, 6.07) is 22.3. The van der Waals surface area contributed by atoms with Gasteiger partial charge in [-0.3, -0.25) is 0 Å². The second kappa shape index (κ2) is 7.21. The number of para-hydroxylation sites is 2. The molecule has 4 nitrogen and oxygen atoms in total. The summed E-state index contributed by atoms with van der Waals surface area (Å²) in [4.78, 5) is 7.98. The molecule has 0 aliphatic rings. The predicted molar refractivity (Wildman–Crippen MR) is 117 cm³/mol. The van der Waals surface area contributed by atoms with Crippen LogP contribution in [0.5, 0.6) is 0 Å². The van der Waals surface area contributed by atoms with Gasteiger partial charge >= 0.3 is 0 Å². The number of aromatic nitrogens is 2. The highest BCUT2D eigenvalue weighted by Gasteiger charge is 2.06. The lowest BCUT2D eigenvalue weighted by molar-refractivity contribution is 1.34. The molecular formula is C22H20N4S. The molecule has 0 atom stereocenters. The number of H-pyrrole nitrogens is 1. The number of nitrogens with one attached hydrogen (secondary N) is 3. The second-order valence-corrected chi connectivity index (χ2v) is 6.97. The van der Waals surface area contributed by atoms with Crippen LogP contribution in [0.2, 0.25) is 0 Å². The lowest BCUT2D eigenvalue weighted by Gasteiger charge is -2.12. The van der Waals surface area contributed by atoms with Gasteiger partial charge in [-0.05, 0) is 85.7 Å². The molecular weight excluding hydrogens is 352 g/mol. The van der Waals surface area contributed by atoms with Crippen LogP contribution < -0.4 is 10.6 Å². The van der Waals surface area contributed by atoms with E-state index in [9.17, 15) is 0 Å². The summed E-state index contributed by atoms with van der Waals surface area (Å²) in [5, 5.41) is 7.01. The van der Waals surface area contributed by atoms with Crippen molar-refractivity contribution in [2.75, 3.05) is 10.6 Å². The zero-order valence-electron chi connectivity index (χ0n) is 15.2. The first-order valence-electron chi connectivity index (χ1n) is 8.79. The Hall–Kier alpha value is -3.18. The summed E-state index contributed by atoms with van der Waals surface area (Å²) in [5.74, 6) is 0.860. The number of fused-ring (bicyclic) bond motifs is 1. The minimum Gasteiger partial charge on any atom is -0.338 e. The monoisotopic (exact) mass is 372 g/mol. The fourth-order valence-electron chi connectivity index (χ4n) is 2.91. The SMILES string of the molecule is Cc1ccc(NC(=S)Nc2ccc(-c3nc4ccccc4[nH]3)cc2)cc1C. The number of aromatic amines is 1. The molecule has 0 spiro atoms. The molecule has 0 aliphatic carbocycles. The summed E-state index contributed by atoms with van der Waals surface area (Å²) in [7, 11) is 0. The van der Waals surface area contributed by atoms with Gasteiger partial charge in [0.25, 0.3) is 0 Å². The highest BCUT2D eigenvalue weighted by molar-refractivity contribution is 7.80. The van der Waals surface area contributed by atoms with Crippen molar-refractivity contribution in [3.8, 4) is 11.4 Å². The van der Waals surface area contributed by atoms with Gasteiger partial charge < -0.3 is 15.6 Å². The van der Waals surface area contributed by atoms with Crippen molar-refractivity contribution in [2.45, 2.75) is 13.8 Å². The number of nitrogens with zero attached hydrogens (tertiary/aromatic N) is 1. The molecule has 4 rings (SSSR count). The van der Waals surface area contributed by atoms with Crippen LogP contribution in [0.3, 0.4) is 0 Å². The summed E-state index contributed by atoms with van der Waals surface area (Å²) in [6.07, 6.45) is 0. The second-order valence-electron chi connectivity index (χ2n) is 6.56. The van der Waals surface area contributed by atoms with Gasteiger partial charge in [-0.1, -0.05) is 18.2 Å². The maximum atomic E-state index is 5.42. The third-order valence-corrected chi connectivity index (χ3v) is 4.77. The predicted octanol–water partition coefficient (Wildman–Crippen LogP) is 5.66.